The second-order valence-corrected chi connectivity index (χ2v) is 24.1. The summed E-state index contributed by atoms with van der Waals surface area (Å²) in [6.07, 6.45) is 15.1. The lowest BCUT2D eigenvalue weighted by Gasteiger charge is -2.48. The molecule has 6 aliphatic heterocycles. The Kier molecular flexibility index (Phi) is 12.7. The maximum atomic E-state index is 15.2. The Hall–Kier alpha value is -6.69. The summed E-state index contributed by atoms with van der Waals surface area (Å²) >= 11 is 0. The van der Waals surface area contributed by atoms with E-state index in [-0.39, 0.29) is 71.7 Å². The molecule has 2 aromatic heterocycles. The average Bonchev–Trinajstić information content (AvgIpc) is 3.76. The van der Waals surface area contributed by atoms with Crippen LogP contribution in [0.5, 0.6) is 0 Å². The summed E-state index contributed by atoms with van der Waals surface area (Å²) in [5.41, 5.74) is 6.10. The minimum atomic E-state index is -1.04. The molecule has 13 rings (SSSR count). The van der Waals surface area contributed by atoms with Crippen LogP contribution in [-0.2, 0) is 29.4 Å². The van der Waals surface area contributed by atoms with E-state index in [4.69, 9.17) is 9.97 Å². The van der Waals surface area contributed by atoms with Gasteiger partial charge in [-0.1, -0.05) is 24.6 Å². The molecule has 404 valence electrons. The number of hydrogen-bond donors (Lipinski definition) is 3. The van der Waals surface area contributed by atoms with E-state index in [0.717, 1.165) is 89.5 Å². The van der Waals surface area contributed by atoms with Crippen LogP contribution in [0, 0.1) is 11.8 Å². The first-order valence-electron chi connectivity index (χ1n) is 28.9. The Bertz CT molecular complexity index is 3080. The van der Waals surface area contributed by atoms with Crippen molar-refractivity contribution >= 4 is 69.6 Å². The lowest BCUT2D eigenvalue weighted by molar-refractivity contribution is -0.137. The van der Waals surface area contributed by atoms with Crippen LogP contribution in [0.25, 0.3) is 22.3 Å². The summed E-state index contributed by atoms with van der Waals surface area (Å²) in [5.74, 6) is -0.952. The Morgan fingerprint density at radius 1 is 0.779 bits per heavy atom. The number of imide groups is 2. The summed E-state index contributed by atoms with van der Waals surface area (Å²) in [5, 5.41) is 9.43. The van der Waals surface area contributed by atoms with Gasteiger partial charge in [-0.05, 0) is 153 Å². The quantitative estimate of drug-likeness (QED) is 0.126. The predicted octanol–water partition coefficient (Wildman–Crippen LogP) is 6.79. The number of hydrogen-bond acceptors (Lipinski definition) is 12. The first kappa shape index (κ1) is 49.9. The van der Waals surface area contributed by atoms with E-state index in [9.17, 15) is 28.8 Å². The molecule has 3 aliphatic carbocycles. The standard InChI is InChI=1S/C59H71N11O7/c1-34(2)68-33-60-46-31-45(63-53(52(46)68)62-39-14-15-39)37-11-16-43-48(28-37)69(41-29-40(30-41)65-22-4-3-5-23-65)58(77)59(43)20-25-66(26-21-59)50(72)27-35-19-24-67(32-35)55(74)36-9-12-38(13-10-36)61-44-8-6-7-42-51(44)57(76)70(56(42)75)47-17-18-49(71)64-54(47)73/h6-8,11,16,28,31,33-36,38-41,47,61H,3-5,9-10,12-15,17-27,29-30,32H2,1-2H3,(H,62,63)(H,64,71,73)/t35-,36-,38+,40-,41+,47?/m0/s1. The predicted molar refractivity (Wildman–Crippen MR) is 289 cm³/mol. The molecular formula is C59H71N11O7. The molecular weight excluding hydrogens is 975 g/mol. The van der Waals surface area contributed by atoms with Crippen molar-refractivity contribution in [3.8, 4) is 11.3 Å². The number of aromatic nitrogens is 3. The number of likely N-dealkylation sites (tertiary alicyclic amines) is 3. The molecule has 18 nitrogen and oxygen atoms in total. The lowest BCUT2D eigenvalue weighted by Crippen LogP contribution is -2.58. The van der Waals surface area contributed by atoms with Crippen LogP contribution in [0.1, 0.15) is 155 Å². The van der Waals surface area contributed by atoms with Crippen LogP contribution in [0.15, 0.2) is 48.8 Å². The van der Waals surface area contributed by atoms with E-state index < -0.39 is 35.1 Å². The number of fused-ring (bicyclic) bond motifs is 4. The lowest BCUT2D eigenvalue weighted by atomic mass is 9.73. The van der Waals surface area contributed by atoms with Gasteiger partial charge in [-0.2, -0.15) is 0 Å². The van der Waals surface area contributed by atoms with Crippen molar-refractivity contribution in [2.75, 3.05) is 54.8 Å². The number of nitrogens with zero attached hydrogens (tertiary/aromatic N) is 8. The molecule has 1 unspecified atom stereocenters. The second-order valence-electron chi connectivity index (χ2n) is 24.1. The zero-order valence-corrected chi connectivity index (χ0v) is 44.4. The molecule has 18 heteroatoms. The topological polar surface area (TPSA) is 202 Å². The number of imidazole rings is 1. The van der Waals surface area contributed by atoms with Crippen LogP contribution in [0.3, 0.4) is 0 Å². The monoisotopic (exact) mass is 1050 g/mol. The number of carbonyl (C=O) groups is 7. The third-order valence-electron chi connectivity index (χ3n) is 19.0. The highest BCUT2D eigenvalue weighted by molar-refractivity contribution is 6.25. The number of nitrogens with one attached hydrogen (secondary N) is 3. The number of pyridine rings is 1. The van der Waals surface area contributed by atoms with Gasteiger partial charge in [0.25, 0.3) is 11.8 Å². The fourth-order valence-corrected chi connectivity index (χ4v) is 14.4. The Morgan fingerprint density at radius 3 is 2.27 bits per heavy atom. The SMILES string of the molecule is CC(C)n1cnc2cc(-c3ccc4c(c3)N([C@H]3C[C@@H](N5CCCCC5)C3)C(=O)C43CCN(C(=O)C[C@@H]4CCN(C(=O)[C@H]5CC[C@@H](Nc6cccc7c6C(=O)N(C6CCC(=O)NC6=O)C7=O)CC5)C4)CC3)nc(NC3CC3)c21. The fraction of sp³-hybridized carbons (Fsp3) is 0.576. The summed E-state index contributed by atoms with van der Waals surface area (Å²) in [4.78, 5) is 115. The van der Waals surface area contributed by atoms with Crippen molar-refractivity contribution in [3.05, 3.63) is 65.5 Å². The fourth-order valence-electron chi connectivity index (χ4n) is 14.4. The Labute approximate surface area is 449 Å². The highest BCUT2D eigenvalue weighted by atomic mass is 16.2. The van der Waals surface area contributed by atoms with Gasteiger partial charge < -0.3 is 34.8 Å². The van der Waals surface area contributed by atoms with Gasteiger partial charge in [0.2, 0.25) is 29.5 Å². The third kappa shape index (κ3) is 8.86. The van der Waals surface area contributed by atoms with Gasteiger partial charge in [0, 0.05) is 92.1 Å². The highest BCUT2D eigenvalue weighted by Crippen LogP contribution is 2.52. The van der Waals surface area contributed by atoms with Gasteiger partial charge in [0.05, 0.1) is 34.1 Å². The molecule has 4 aromatic rings. The largest absolute Gasteiger partial charge is 0.382 e. The zero-order valence-electron chi connectivity index (χ0n) is 44.4. The van der Waals surface area contributed by atoms with Gasteiger partial charge in [-0.15, -0.1) is 0 Å². The average molecular weight is 1050 g/mol. The number of piperidine rings is 3. The molecule has 2 atom stereocenters. The van der Waals surface area contributed by atoms with Gasteiger partial charge >= 0.3 is 0 Å². The van der Waals surface area contributed by atoms with E-state index in [1.54, 1.807) is 18.2 Å². The van der Waals surface area contributed by atoms with Gasteiger partial charge in [-0.3, -0.25) is 43.8 Å². The molecule has 8 heterocycles. The molecule has 77 heavy (non-hydrogen) atoms. The normalized spacial score (nSPS) is 27.4. The van der Waals surface area contributed by atoms with Crippen LogP contribution in [-0.4, -0.2) is 145 Å². The first-order chi connectivity index (χ1) is 37.3. The van der Waals surface area contributed by atoms with Gasteiger partial charge in [-0.25, -0.2) is 9.97 Å². The molecule has 7 amide bonds. The molecule has 3 N–H and O–H groups in total. The van der Waals surface area contributed by atoms with Crippen molar-refractivity contribution < 1.29 is 33.6 Å². The number of carbonyl (C=O) groups excluding carboxylic acids is 7. The van der Waals surface area contributed by atoms with Crippen LogP contribution in [0.4, 0.5) is 17.2 Å². The van der Waals surface area contributed by atoms with Gasteiger partial charge in [0.15, 0.2) is 5.82 Å². The smallest absolute Gasteiger partial charge is 0.264 e. The molecule has 0 bridgehead atoms. The molecule has 4 saturated heterocycles. The zero-order chi connectivity index (χ0) is 52.9. The van der Waals surface area contributed by atoms with E-state index in [1.807, 2.05) is 16.1 Å². The van der Waals surface area contributed by atoms with E-state index in [1.165, 1.54) is 19.3 Å². The summed E-state index contributed by atoms with van der Waals surface area (Å²) in [6.45, 7) is 8.80. The highest BCUT2D eigenvalue weighted by Gasteiger charge is 2.56. The maximum absolute atomic E-state index is 15.2. The van der Waals surface area contributed by atoms with Crippen molar-refractivity contribution in [2.45, 2.75) is 165 Å². The second kappa shape index (κ2) is 19.6. The van der Waals surface area contributed by atoms with Crippen LogP contribution in [0.2, 0.25) is 0 Å². The van der Waals surface area contributed by atoms with Crippen molar-refractivity contribution in [3.63, 3.8) is 0 Å². The number of amides is 7. The summed E-state index contributed by atoms with van der Waals surface area (Å²) < 4.78 is 2.19. The van der Waals surface area contributed by atoms with E-state index >= 15 is 4.79 Å². The minimum absolute atomic E-state index is 0.0173. The summed E-state index contributed by atoms with van der Waals surface area (Å²) in [7, 11) is 0. The third-order valence-corrected chi connectivity index (χ3v) is 19.0. The van der Waals surface area contributed by atoms with Gasteiger partial charge in [0.1, 0.15) is 11.6 Å². The Balaban J connectivity index is 0.643. The van der Waals surface area contributed by atoms with Crippen LogP contribution < -0.4 is 20.9 Å². The Morgan fingerprint density at radius 2 is 1.53 bits per heavy atom. The number of benzene rings is 2. The van der Waals surface area contributed by atoms with Crippen molar-refractivity contribution in [1.82, 2.24) is 39.5 Å². The maximum Gasteiger partial charge on any atom is 0.264 e. The first-order valence-corrected chi connectivity index (χ1v) is 28.9. The molecule has 7 fully saturated rings. The van der Waals surface area contributed by atoms with E-state index in [2.05, 4.69) is 68.4 Å². The molecule has 2 aromatic carbocycles. The molecule has 9 aliphatic rings. The van der Waals surface area contributed by atoms with E-state index in [0.29, 0.717) is 88.9 Å². The number of anilines is 3. The number of rotatable bonds is 12. The van der Waals surface area contributed by atoms with Crippen LogP contribution >= 0.6 is 0 Å². The minimum Gasteiger partial charge on any atom is -0.382 e. The van der Waals surface area contributed by atoms with Crippen molar-refractivity contribution in [1.29, 1.82) is 0 Å². The molecule has 3 saturated carbocycles. The summed E-state index contributed by atoms with van der Waals surface area (Å²) in [6, 6.07) is 13.9. The molecule has 1 spiro atoms. The van der Waals surface area contributed by atoms with Crippen molar-refractivity contribution in [2.24, 2.45) is 11.8 Å². The molecule has 0 radical (unpaired) electrons.